The van der Waals surface area contributed by atoms with Crippen molar-refractivity contribution in [3.8, 4) is 0 Å². The van der Waals surface area contributed by atoms with Gasteiger partial charge in [0.25, 0.3) is 0 Å². The van der Waals surface area contributed by atoms with Crippen LogP contribution in [0.1, 0.15) is 31.4 Å². The summed E-state index contributed by atoms with van der Waals surface area (Å²) in [6.07, 6.45) is 2.15. The van der Waals surface area contributed by atoms with E-state index in [0.717, 1.165) is 22.5 Å². The summed E-state index contributed by atoms with van der Waals surface area (Å²) in [6.45, 7) is 5.31. The number of nitrogens with zero attached hydrogens (tertiary/aromatic N) is 2. The fourth-order valence-corrected chi connectivity index (χ4v) is 3.52. The van der Waals surface area contributed by atoms with Gasteiger partial charge in [0.15, 0.2) is 0 Å². The Morgan fingerprint density at radius 1 is 1.40 bits per heavy atom. The quantitative estimate of drug-likeness (QED) is 0.911. The number of hydrogen-bond donors (Lipinski definition) is 1. The zero-order valence-electron chi connectivity index (χ0n) is 12.6. The maximum atomic E-state index is 9.62. The second-order valence-electron chi connectivity index (χ2n) is 6.01. The number of hydrogen-bond acceptors (Lipinski definition) is 3. The SMILES string of the molecule is C[C@H](O)c1ccc(N(C)CC2CCN(C)CC2)c(Br)c1. The smallest absolute Gasteiger partial charge is 0.0762 e. The molecule has 0 aromatic heterocycles. The number of piperidine rings is 1. The van der Waals surface area contributed by atoms with Crippen molar-refractivity contribution in [3.05, 3.63) is 28.2 Å². The summed E-state index contributed by atoms with van der Waals surface area (Å²) in [6, 6.07) is 6.13. The summed E-state index contributed by atoms with van der Waals surface area (Å²) < 4.78 is 1.06. The summed E-state index contributed by atoms with van der Waals surface area (Å²) in [5.41, 5.74) is 2.15. The molecule has 1 heterocycles. The number of aliphatic hydroxyl groups is 1. The molecule has 0 aliphatic carbocycles. The van der Waals surface area contributed by atoms with Crippen molar-refractivity contribution in [1.82, 2.24) is 4.90 Å². The monoisotopic (exact) mass is 340 g/mol. The van der Waals surface area contributed by atoms with Crippen molar-refractivity contribution in [3.63, 3.8) is 0 Å². The van der Waals surface area contributed by atoms with Gasteiger partial charge in [0, 0.05) is 18.1 Å². The summed E-state index contributed by atoms with van der Waals surface area (Å²) in [4.78, 5) is 4.73. The van der Waals surface area contributed by atoms with E-state index in [1.54, 1.807) is 6.92 Å². The first-order chi connectivity index (χ1) is 9.47. The van der Waals surface area contributed by atoms with E-state index < -0.39 is 6.10 Å². The molecule has 1 aromatic carbocycles. The van der Waals surface area contributed by atoms with Crippen LogP contribution >= 0.6 is 15.9 Å². The number of aliphatic hydroxyl groups excluding tert-OH is 1. The standard InChI is InChI=1S/C16H25BrN2O/c1-12(20)14-4-5-16(15(17)10-14)19(3)11-13-6-8-18(2)9-7-13/h4-5,10,12-13,20H,6-9,11H2,1-3H3/t12-/m0/s1. The molecule has 2 rings (SSSR count). The number of anilines is 1. The second-order valence-corrected chi connectivity index (χ2v) is 6.87. The molecule has 0 amide bonds. The third-order valence-electron chi connectivity index (χ3n) is 4.24. The molecule has 0 spiro atoms. The molecule has 1 aliphatic rings. The van der Waals surface area contributed by atoms with Gasteiger partial charge in [0.1, 0.15) is 0 Å². The van der Waals surface area contributed by atoms with Gasteiger partial charge in [0.05, 0.1) is 11.8 Å². The molecule has 1 N–H and O–H groups in total. The normalized spacial score (nSPS) is 19.1. The summed E-state index contributed by atoms with van der Waals surface area (Å²) in [7, 11) is 4.35. The fraction of sp³-hybridized carbons (Fsp3) is 0.625. The van der Waals surface area contributed by atoms with Crippen LogP contribution in [0.4, 0.5) is 5.69 Å². The molecule has 0 unspecified atom stereocenters. The zero-order chi connectivity index (χ0) is 14.7. The fourth-order valence-electron chi connectivity index (χ4n) is 2.82. The summed E-state index contributed by atoms with van der Waals surface area (Å²) in [5.74, 6) is 0.777. The van der Waals surface area contributed by atoms with Crippen molar-refractivity contribution in [2.75, 3.05) is 38.6 Å². The Morgan fingerprint density at radius 3 is 2.60 bits per heavy atom. The molecule has 1 atom stereocenters. The average Bonchev–Trinajstić information content (AvgIpc) is 2.41. The molecule has 1 fully saturated rings. The van der Waals surface area contributed by atoms with Gasteiger partial charge in [0.2, 0.25) is 0 Å². The molecular formula is C16H25BrN2O. The van der Waals surface area contributed by atoms with E-state index in [2.05, 4.69) is 45.9 Å². The molecule has 1 aliphatic heterocycles. The van der Waals surface area contributed by atoms with Gasteiger partial charge < -0.3 is 14.9 Å². The van der Waals surface area contributed by atoms with Crippen LogP contribution in [0, 0.1) is 5.92 Å². The average molecular weight is 341 g/mol. The Balaban J connectivity index is 2.00. The molecule has 20 heavy (non-hydrogen) atoms. The Kier molecular flexibility index (Phi) is 5.47. The van der Waals surface area contributed by atoms with Crippen LogP contribution in [0.25, 0.3) is 0 Å². The lowest BCUT2D eigenvalue weighted by Crippen LogP contribution is -2.35. The molecule has 112 valence electrons. The lowest BCUT2D eigenvalue weighted by molar-refractivity contribution is 0.199. The van der Waals surface area contributed by atoms with Gasteiger partial charge in [-0.3, -0.25) is 0 Å². The van der Waals surface area contributed by atoms with Crippen molar-refractivity contribution < 1.29 is 5.11 Å². The molecule has 3 nitrogen and oxygen atoms in total. The number of halogens is 1. The Hall–Kier alpha value is -0.580. The summed E-state index contributed by atoms with van der Waals surface area (Å²) in [5, 5.41) is 9.62. The number of rotatable bonds is 4. The first-order valence-corrected chi connectivity index (χ1v) is 8.14. The first kappa shape index (κ1) is 15.8. The zero-order valence-corrected chi connectivity index (χ0v) is 14.2. The van der Waals surface area contributed by atoms with E-state index in [1.807, 2.05) is 12.1 Å². The molecule has 4 heteroatoms. The minimum atomic E-state index is -0.417. The minimum absolute atomic E-state index is 0.417. The largest absolute Gasteiger partial charge is 0.389 e. The van der Waals surface area contributed by atoms with Crippen molar-refractivity contribution in [1.29, 1.82) is 0 Å². The first-order valence-electron chi connectivity index (χ1n) is 7.34. The molecule has 0 radical (unpaired) electrons. The van der Waals surface area contributed by atoms with Gasteiger partial charge in [-0.2, -0.15) is 0 Å². The van der Waals surface area contributed by atoms with Crippen LogP contribution < -0.4 is 4.90 Å². The Bertz CT molecular complexity index is 442. The second kappa shape index (κ2) is 6.92. The highest BCUT2D eigenvalue weighted by Gasteiger charge is 2.19. The van der Waals surface area contributed by atoms with E-state index in [9.17, 15) is 5.11 Å². The van der Waals surface area contributed by atoms with Crippen LogP contribution in [0.15, 0.2) is 22.7 Å². The van der Waals surface area contributed by atoms with Gasteiger partial charge in [-0.1, -0.05) is 6.07 Å². The van der Waals surface area contributed by atoms with E-state index in [0.29, 0.717) is 0 Å². The maximum Gasteiger partial charge on any atom is 0.0762 e. The van der Waals surface area contributed by atoms with Crippen LogP contribution in [-0.2, 0) is 0 Å². The van der Waals surface area contributed by atoms with Crippen molar-refractivity contribution >= 4 is 21.6 Å². The highest BCUT2D eigenvalue weighted by atomic mass is 79.9. The minimum Gasteiger partial charge on any atom is -0.389 e. The third-order valence-corrected chi connectivity index (χ3v) is 4.87. The highest BCUT2D eigenvalue weighted by molar-refractivity contribution is 9.10. The predicted molar refractivity (Wildman–Crippen MR) is 88.3 cm³/mol. The van der Waals surface area contributed by atoms with E-state index >= 15 is 0 Å². The molecule has 0 bridgehead atoms. The molecule has 1 saturated heterocycles. The van der Waals surface area contributed by atoms with Crippen LogP contribution in [0.3, 0.4) is 0 Å². The van der Waals surface area contributed by atoms with Crippen LogP contribution in [-0.4, -0.2) is 43.7 Å². The van der Waals surface area contributed by atoms with E-state index in [1.165, 1.54) is 31.6 Å². The molecule has 0 saturated carbocycles. The van der Waals surface area contributed by atoms with E-state index in [-0.39, 0.29) is 0 Å². The van der Waals surface area contributed by atoms with Gasteiger partial charge in [-0.25, -0.2) is 0 Å². The van der Waals surface area contributed by atoms with E-state index in [4.69, 9.17) is 0 Å². The highest BCUT2D eigenvalue weighted by Crippen LogP contribution is 2.30. The van der Waals surface area contributed by atoms with Crippen molar-refractivity contribution in [2.45, 2.75) is 25.9 Å². The third kappa shape index (κ3) is 3.96. The topological polar surface area (TPSA) is 26.7 Å². The van der Waals surface area contributed by atoms with Gasteiger partial charge in [-0.15, -0.1) is 0 Å². The molecule has 1 aromatic rings. The summed E-state index contributed by atoms with van der Waals surface area (Å²) >= 11 is 3.63. The van der Waals surface area contributed by atoms with Crippen LogP contribution in [0.2, 0.25) is 0 Å². The molecular weight excluding hydrogens is 316 g/mol. The number of likely N-dealkylation sites (tertiary alicyclic amines) is 1. The van der Waals surface area contributed by atoms with Gasteiger partial charge >= 0.3 is 0 Å². The van der Waals surface area contributed by atoms with Crippen LogP contribution in [0.5, 0.6) is 0 Å². The predicted octanol–water partition coefficient (Wildman–Crippen LogP) is 3.28. The maximum absolute atomic E-state index is 9.62. The van der Waals surface area contributed by atoms with Gasteiger partial charge in [-0.05, 0) is 79.4 Å². The lowest BCUT2D eigenvalue weighted by Gasteiger charge is -2.32. The number of benzene rings is 1. The lowest BCUT2D eigenvalue weighted by atomic mass is 9.96. The Morgan fingerprint density at radius 2 is 2.05 bits per heavy atom. The van der Waals surface area contributed by atoms with Crippen molar-refractivity contribution in [2.24, 2.45) is 5.92 Å². The Labute approximate surface area is 130 Å².